The maximum atomic E-state index is 11.9. The predicted molar refractivity (Wildman–Crippen MR) is 101 cm³/mol. The average Bonchev–Trinajstić information content (AvgIpc) is 3.13. The number of hydrogen-bond acceptors (Lipinski definition) is 3. The number of aromatic hydroxyl groups is 1. The van der Waals surface area contributed by atoms with Gasteiger partial charge in [-0.15, -0.1) is 0 Å². The van der Waals surface area contributed by atoms with E-state index in [1.165, 1.54) is 0 Å². The predicted octanol–water partition coefficient (Wildman–Crippen LogP) is 3.86. The van der Waals surface area contributed by atoms with Gasteiger partial charge >= 0.3 is 5.97 Å². The molecule has 0 amide bonds. The van der Waals surface area contributed by atoms with Crippen LogP contribution in [0.2, 0.25) is 0 Å². The third kappa shape index (κ3) is 3.44. The quantitative estimate of drug-likeness (QED) is 0.440. The number of hydrogen-bond donors (Lipinski definition) is 4. The molecule has 2 aromatic carbocycles. The van der Waals surface area contributed by atoms with Crippen molar-refractivity contribution < 1.29 is 15.0 Å². The number of benzene rings is 2. The Kier molecular flexibility index (Phi) is 4.75. The Labute approximate surface area is 148 Å². The number of phenols is 1. The van der Waals surface area contributed by atoms with Gasteiger partial charge in [0.05, 0.1) is 0 Å². The molecule has 0 fully saturated rings. The molecule has 132 valence electrons. The topological polar surface area (TPSA) is 106 Å². The number of H-pyrrole nitrogens is 2. The normalized spacial score (nSPS) is 10.5. The molecule has 0 spiro atoms. The maximum Gasteiger partial charge on any atom is 0.303 e. The van der Waals surface area contributed by atoms with Gasteiger partial charge in [0.25, 0.3) is 5.56 Å². The summed E-state index contributed by atoms with van der Waals surface area (Å²) in [6, 6.07) is 14.9. The lowest BCUT2D eigenvalue weighted by molar-refractivity contribution is -0.136. The first-order chi connectivity index (χ1) is 12.5. The van der Waals surface area contributed by atoms with Crippen molar-refractivity contribution in [1.29, 1.82) is 0 Å². The van der Waals surface area contributed by atoms with Gasteiger partial charge in [0, 0.05) is 28.9 Å². The van der Waals surface area contributed by atoms with E-state index in [0.29, 0.717) is 5.52 Å². The summed E-state index contributed by atoms with van der Waals surface area (Å²) in [4.78, 5) is 27.1. The monoisotopic (exact) mass is 350 g/mol. The Hall–Kier alpha value is -3.54. The summed E-state index contributed by atoms with van der Waals surface area (Å²) in [6.45, 7) is 1.60. The minimum atomic E-state index is -0.745. The molecule has 0 aliphatic rings. The molecule has 6 heteroatoms. The van der Waals surface area contributed by atoms with E-state index < -0.39 is 5.97 Å². The van der Waals surface area contributed by atoms with Crippen molar-refractivity contribution in [1.82, 2.24) is 9.97 Å². The van der Waals surface area contributed by atoms with Gasteiger partial charge in [-0.3, -0.25) is 9.59 Å². The summed E-state index contributed by atoms with van der Waals surface area (Å²) in [6.07, 6.45) is 1.99. The molecule has 0 aliphatic heterocycles. The van der Waals surface area contributed by atoms with Crippen LogP contribution in [0.15, 0.2) is 59.5 Å². The van der Waals surface area contributed by atoms with Gasteiger partial charge in [-0.05, 0) is 41.5 Å². The standard InChI is InChI=1S/C17H12N2O2.C3H6O2/c20-12-3-1-2-10(8-12)11-4-5-15-14(9-11)13-6-7-18-16(13)17(21)19-15;1-2-3(4)5/h1-9,18,20H,(H,19,21);2H2,1H3,(H,4,5). The first kappa shape index (κ1) is 17.3. The number of pyridine rings is 1. The lowest BCUT2D eigenvalue weighted by atomic mass is 10.0. The summed E-state index contributed by atoms with van der Waals surface area (Å²) < 4.78 is 0. The zero-order valence-electron chi connectivity index (χ0n) is 14.1. The van der Waals surface area contributed by atoms with Gasteiger partial charge < -0.3 is 20.2 Å². The van der Waals surface area contributed by atoms with Crippen LogP contribution in [0.25, 0.3) is 32.9 Å². The largest absolute Gasteiger partial charge is 0.508 e. The molecule has 6 nitrogen and oxygen atoms in total. The van der Waals surface area contributed by atoms with Gasteiger partial charge in [-0.2, -0.15) is 0 Å². The fourth-order valence-electron chi connectivity index (χ4n) is 2.71. The van der Waals surface area contributed by atoms with E-state index in [-0.39, 0.29) is 17.7 Å². The van der Waals surface area contributed by atoms with Crippen molar-refractivity contribution in [2.45, 2.75) is 13.3 Å². The Morgan fingerprint density at radius 3 is 2.46 bits per heavy atom. The Bertz CT molecular complexity index is 1140. The van der Waals surface area contributed by atoms with Crippen molar-refractivity contribution >= 4 is 27.8 Å². The molecule has 4 aromatic rings. The maximum absolute atomic E-state index is 11.9. The van der Waals surface area contributed by atoms with E-state index in [1.807, 2.05) is 36.4 Å². The number of rotatable bonds is 2. The zero-order valence-corrected chi connectivity index (χ0v) is 14.1. The van der Waals surface area contributed by atoms with Gasteiger partial charge in [-0.25, -0.2) is 0 Å². The van der Waals surface area contributed by atoms with Gasteiger partial charge in [0.15, 0.2) is 0 Å². The highest BCUT2D eigenvalue weighted by atomic mass is 16.4. The molecular formula is C20H18N2O4. The third-order valence-corrected chi connectivity index (χ3v) is 4.01. The smallest absolute Gasteiger partial charge is 0.303 e. The van der Waals surface area contributed by atoms with E-state index in [9.17, 15) is 14.7 Å². The van der Waals surface area contributed by atoms with E-state index in [1.54, 1.807) is 25.3 Å². The molecule has 0 atom stereocenters. The lowest BCUT2D eigenvalue weighted by Gasteiger charge is -2.06. The Balaban J connectivity index is 0.000000349. The van der Waals surface area contributed by atoms with Crippen LogP contribution in [0.5, 0.6) is 5.75 Å². The molecule has 4 rings (SSSR count). The second-order valence-electron chi connectivity index (χ2n) is 5.78. The van der Waals surface area contributed by atoms with Crippen LogP contribution in [0.4, 0.5) is 0 Å². The highest BCUT2D eigenvalue weighted by Gasteiger charge is 2.07. The van der Waals surface area contributed by atoms with Crippen LogP contribution in [0.1, 0.15) is 13.3 Å². The second-order valence-corrected chi connectivity index (χ2v) is 5.78. The molecule has 0 radical (unpaired) electrons. The fraction of sp³-hybridized carbons (Fsp3) is 0.100. The molecule has 0 saturated carbocycles. The summed E-state index contributed by atoms with van der Waals surface area (Å²) in [7, 11) is 0. The van der Waals surface area contributed by atoms with Crippen molar-refractivity contribution in [2.24, 2.45) is 0 Å². The van der Waals surface area contributed by atoms with Crippen molar-refractivity contribution in [3.05, 3.63) is 65.1 Å². The fourth-order valence-corrected chi connectivity index (χ4v) is 2.71. The lowest BCUT2D eigenvalue weighted by Crippen LogP contribution is -2.05. The minimum Gasteiger partial charge on any atom is -0.508 e. The highest BCUT2D eigenvalue weighted by Crippen LogP contribution is 2.28. The SMILES string of the molecule is CCC(=O)O.O=c1[nH]c2ccc(-c3cccc(O)c3)cc2c2cc[nH]c12. The number of phenolic OH excluding ortho intramolecular Hbond substituents is 1. The number of aromatic nitrogens is 2. The average molecular weight is 350 g/mol. The number of fused-ring (bicyclic) bond motifs is 3. The van der Waals surface area contributed by atoms with Crippen molar-refractivity contribution in [2.75, 3.05) is 0 Å². The van der Waals surface area contributed by atoms with Crippen molar-refractivity contribution in [3.63, 3.8) is 0 Å². The Morgan fingerprint density at radius 1 is 1.04 bits per heavy atom. The summed E-state index contributed by atoms with van der Waals surface area (Å²) in [5.41, 5.74) is 3.19. The molecule has 0 saturated heterocycles. The van der Waals surface area contributed by atoms with Gasteiger partial charge in [0.1, 0.15) is 11.3 Å². The number of carbonyl (C=O) groups is 1. The second kappa shape index (κ2) is 7.14. The number of carboxylic acid groups (broad SMARTS) is 1. The first-order valence-electron chi connectivity index (χ1n) is 8.14. The molecule has 2 aromatic heterocycles. The first-order valence-corrected chi connectivity index (χ1v) is 8.14. The number of carboxylic acids is 1. The van der Waals surface area contributed by atoms with Gasteiger partial charge in [-0.1, -0.05) is 25.1 Å². The summed E-state index contributed by atoms with van der Waals surface area (Å²) in [5.74, 6) is -0.508. The summed E-state index contributed by atoms with van der Waals surface area (Å²) >= 11 is 0. The molecule has 4 N–H and O–H groups in total. The van der Waals surface area contributed by atoms with E-state index in [0.717, 1.165) is 27.4 Å². The molecule has 26 heavy (non-hydrogen) atoms. The number of nitrogens with one attached hydrogen (secondary N) is 2. The van der Waals surface area contributed by atoms with Crippen LogP contribution >= 0.6 is 0 Å². The van der Waals surface area contributed by atoms with E-state index >= 15 is 0 Å². The molecular weight excluding hydrogens is 332 g/mol. The van der Waals surface area contributed by atoms with E-state index in [4.69, 9.17) is 5.11 Å². The highest BCUT2D eigenvalue weighted by molar-refractivity contribution is 6.05. The minimum absolute atomic E-state index is 0.118. The number of aromatic amines is 2. The Morgan fingerprint density at radius 2 is 1.77 bits per heavy atom. The molecule has 0 unspecified atom stereocenters. The molecule has 2 heterocycles. The molecule has 0 aliphatic carbocycles. The zero-order chi connectivity index (χ0) is 18.7. The van der Waals surface area contributed by atoms with Crippen molar-refractivity contribution in [3.8, 4) is 16.9 Å². The number of aliphatic carboxylic acids is 1. The van der Waals surface area contributed by atoms with Crippen LogP contribution < -0.4 is 5.56 Å². The van der Waals surface area contributed by atoms with Gasteiger partial charge in [0.2, 0.25) is 0 Å². The van der Waals surface area contributed by atoms with E-state index in [2.05, 4.69) is 9.97 Å². The van der Waals surface area contributed by atoms with Crippen LogP contribution in [0.3, 0.4) is 0 Å². The van der Waals surface area contributed by atoms with Crippen LogP contribution in [0, 0.1) is 0 Å². The van der Waals surface area contributed by atoms with Crippen LogP contribution in [-0.4, -0.2) is 26.2 Å². The summed E-state index contributed by atoms with van der Waals surface area (Å²) in [5, 5.41) is 19.2. The van der Waals surface area contributed by atoms with Crippen LogP contribution in [-0.2, 0) is 4.79 Å². The molecule has 0 bridgehead atoms. The third-order valence-electron chi connectivity index (χ3n) is 4.01.